The fraction of sp³-hybridized carbons (Fsp3) is 0.238. The van der Waals surface area contributed by atoms with E-state index in [1.165, 1.54) is 30.0 Å². The monoisotopic (exact) mass is 821 g/mol. The molecule has 0 aliphatic heterocycles. The Kier molecular flexibility index (Phi) is 10.4. The number of rotatable bonds is 10. The van der Waals surface area contributed by atoms with Crippen LogP contribution in [-0.2, 0) is 25.3 Å². The van der Waals surface area contributed by atoms with E-state index >= 15 is 0 Å². The second kappa shape index (κ2) is 16.1. The summed E-state index contributed by atoms with van der Waals surface area (Å²) in [6.45, 7) is 5.09. The zero-order valence-corrected chi connectivity index (χ0v) is 33.9. The molecule has 59 heavy (non-hydrogen) atoms. The fourth-order valence-electron chi connectivity index (χ4n) is 7.26. The van der Waals surface area contributed by atoms with E-state index < -0.39 is 5.25 Å². The van der Waals surface area contributed by atoms with Crippen molar-refractivity contribution in [1.29, 1.82) is 0 Å². The number of hydrogen-bond acceptors (Lipinski definition) is 13. The molecule has 3 aromatic carbocycles. The first kappa shape index (κ1) is 38.1. The van der Waals surface area contributed by atoms with E-state index in [1.807, 2.05) is 68.4 Å². The van der Waals surface area contributed by atoms with Gasteiger partial charge in [0.15, 0.2) is 11.3 Å². The molecule has 6 heterocycles. The van der Waals surface area contributed by atoms with Gasteiger partial charge in [-0.1, -0.05) is 66.4 Å². The number of aryl methyl sites for hydroxylation is 3. The molecule has 0 bridgehead atoms. The van der Waals surface area contributed by atoms with Gasteiger partial charge in [-0.3, -0.25) is 18.7 Å². The minimum Gasteiger partial charge on any atom is -0.368 e. The molecule has 10 rings (SSSR count). The SMILES string of the molecule is Cc1cccc2nc(C(S)c3nc(N)nc4[nH]cnc34)n(CC3CC3)c(=O)c12.Cc1cccc2nc(CSc3ncnc4[nH]cnc34)n(CCc3ccccc3)c(=O)c12. The van der Waals surface area contributed by atoms with Gasteiger partial charge >= 0.3 is 0 Å². The maximum absolute atomic E-state index is 13.4. The Morgan fingerprint density at radius 1 is 0.780 bits per heavy atom. The standard InChI is InChI=1S/C23H20N6OS.C19H19N7OS/c1-15-6-5-9-17-19(15)23(30)29(11-10-16-7-3-2-4-8-16)18(28-17)12-31-22-20-21(25-13-24-20)26-14-27-22;1-9-3-2-4-11-12(9)18(27)26(7-10-5-6-10)17(23-11)15(28)13-14-16(22-8-21-14)25-19(20)24-13/h2-9,13-14H,10-12H2,1H3,(H,24,25,26,27);2-4,8,10,15,28H,5-7H2,1H3,(H3,20,21,22,24,25). The number of imidazole rings is 2. The Morgan fingerprint density at radius 2 is 1.46 bits per heavy atom. The number of thioether (sulfide) groups is 1. The van der Waals surface area contributed by atoms with Crippen LogP contribution in [0.4, 0.5) is 5.95 Å². The summed E-state index contributed by atoms with van der Waals surface area (Å²) in [5.41, 5.74) is 13.3. The zero-order chi connectivity index (χ0) is 40.6. The molecule has 1 atom stereocenters. The van der Waals surface area contributed by atoms with Gasteiger partial charge in [0.05, 0.1) is 45.9 Å². The first-order valence-electron chi connectivity index (χ1n) is 19.2. The number of nitrogens with two attached hydrogens (primary N) is 1. The molecule has 1 saturated carbocycles. The minimum atomic E-state index is -0.563. The summed E-state index contributed by atoms with van der Waals surface area (Å²) in [5, 5.41) is 1.53. The van der Waals surface area contributed by atoms with Crippen LogP contribution in [0.15, 0.2) is 100 Å². The Bertz CT molecular complexity index is 3120. The van der Waals surface area contributed by atoms with Gasteiger partial charge in [0, 0.05) is 13.1 Å². The summed E-state index contributed by atoms with van der Waals surface area (Å²) in [6.07, 6.45) is 7.67. The van der Waals surface area contributed by atoms with Gasteiger partial charge < -0.3 is 15.7 Å². The largest absolute Gasteiger partial charge is 0.368 e. The van der Waals surface area contributed by atoms with Crippen LogP contribution in [-0.4, -0.2) is 59.0 Å². The van der Waals surface area contributed by atoms with E-state index in [-0.39, 0.29) is 17.1 Å². The van der Waals surface area contributed by atoms with Crippen molar-refractivity contribution < 1.29 is 0 Å². The van der Waals surface area contributed by atoms with E-state index in [1.54, 1.807) is 15.5 Å². The third kappa shape index (κ3) is 7.66. The van der Waals surface area contributed by atoms with Crippen LogP contribution in [0.3, 0.4) is 0 Å². The Morgan fingerprint density at radius 3 is 2.19 bits per heavy atom. The number of aromatic amines is 2. The molecule has 6 aromatic heterocycles. The van der Waals surface area contributed by atoms with Crippen LogP contribution in [0.25, 0.3) is 44.1 Å². The Balaban J connectivity index is 0.000000153. The van der Waals surface area contributed by atoms with Gasteiger partial charge in [-0.05, 0) is 67.9 Å². The van der Waals surface area contributed by atoms with Crippen LogP contribution in [0, 0.1) is 19.8 Å². The third-order valence-electron chi connectivity index (χ3n) is 10.4. The summed E-state index contributed by atoms with van der Waals surface area (Å²) in [7, 11) is 0. The molecule has 0 amide bonds. The lowest BCUT2D eigenvalue weighted by molar-refractivity contribution is 0.572. The molecule has 1 unspecified atom stereocenters. The number of thiol groups is 1. The van der Waals surface area contributed by atoms with E-state index in [2.05, 4.69) is 52.0 Å². The number of aromatic nitrogens is 12. The quantitative estimate of drug-likeness (QED) is 0.0683. The van der Waals surface area contributed by atoms with Crippen LogP contribution in [0.2, 0.25) is 0 Å². The van der Waals surface area contributed by atoms with Crippen LogP contribution >= 0.6 is 24.4 Å². The minimum absolute atomic E-state index is 0.00207. The number of hydrogen-bond donors (Lipinski definition) is 4. The number of nitrogens with zero attached hydrogens (tertiary/aromatic N) is 10. The molecule has 1 aliphatic rings. The van der Waals surface area contributed by atoms with Gasteiger partial charge in [0.2, 0.25) is 5.95 Å². The number of H-pyrrole nitrogens is 2. The molecule has 9 aromatic rings. The summed E-state index contributed by atoms with van der Waals surface area (Å²) < 4.78 is 3.56. The van der Waals surface area contributed by atoms with Gasteiger partial charge in [0.1, 0.15) is 39.3 Å². The summed E-state index contributed by atoms with van der Waals surface area (Å²) in [5.74, 6) is 2.42. The molecule has 0 spiro atoms. The van der Waals surface area contributed by atoms with Gasteiger partial charge in [-0.25, -0.2) is 34.9 Å². The molecule has 0 saturated heterocycles. The van der Waals surface area contributed by atoms with Gasteiger partial charge in [0.25, 0.3) is 11.1 Å². The molecule has 0 radical (unpaired) electrons. The zero-order valence-electron chi connectivity index (χ0n) is 32.2. The average Bonchev–Trinajstić information content (AvgIpc) is 3.70. The summed E-state index contributed by atoms with van der Waals surface area (Å²) in [6, 6.07) is 21.7. The fourth-order valence-corrected chi connectivity index (χ4v) is 8.53. The topological polar surface area (TPSA) is 205 Å². The third-order valence-corrected chi connectivity index (χ3v) is 11.9. The second-order valence-corrected chi connectivity index (χ2v) is 16.0. The summed E-state index contributed by atoms with van der Waals surface area (Å²) in [4.78, 5) is 68.1. The highest BCUT2D eigenvalue weighted by Crippen LogP contribution is 2.35. The maximum atomic E-state index is 13.4. The van der Waals surface area contributed by atoms with Crippen molar-refractivity contribution in [2.45, 2.75) is 62.2 Å². The predicted octanol–water partition coefficient (Wildman–Crippen LogP) is 6.29. The molecule has 17 heteroatoms. The molecule has 1 fully saturated rings. The van der Waals surface area contributed by atoms with Crippen LogP contribution in [0.5, 0.6) is 0 Å². The smallest absolute Gasteiger partial charge is 0.261 e. The van der Waals surface area contributed by atoms with Gasteiger partial charge in [-0.2, -0.15) is 17.6 Å². The lowest BCUT2D eigenvalue weighted by Crippen LogP contribution is -2.28. The predicted molar refractivity (Wildman–Crippen MR) is 233 cm³/mol. The highest BCUT2D eigenvalue weighted by Gasteiger charge is 2.29. The van der Waals surface area contributed by atoms with Crippen molar-refractivity contribution >= 4 is 74.5 Å². The van der Waals surface area contributed by atoms with Crippen molar-refractivity contribution in [1.82, 2.24) is 59.0 Å². The highest BCUT2D eigenvalue weighted by molar-refractivity contribution is 7.98. The molecular formula is C42H39N13O2S2. The van der Waals surface area contributed by atoms with Crippen molar-refractivity contribution in [2.75, 3.05) is 5.73 Å². The molecule has 296 valence electrons. The lowest BCUT2D eigenvalue weighted by Gasteiger charge is -2.18. The summed E-state index contributed by atoms with van der Waals surface area (Å²) >= 11 is 6.31. The van der Waals surface area contributed by atoms with Crippen molar-refractivity contribution in [3.8, 4) is 0 Å². The van der Waals surface area contributed by atoms with Gasteiger partial charge in [-0.15, -0.1) is 0 Å². The second-order valence-electron chi connectivity index (χ2n) is 14.5. The van der Waals surface area contributed by atoms with E-state index in [0.29, 0.717) is 69.4 Å². The number of fused-ring (bicyclic) bond motifs is 4. The maximum Gasteiger partial charge on any atom is 0.261 e. The van der Waals surface area contributed by atoms with E-state index in [4.69, 9.17) is 28.3 Å². The molecule has 4 N–H and O–H groups in total. The average molecular weight is 822 g/mol. The van der Waals surface area contributed by atoms with E-state index in [9.17, 15) is 9.59 Å². The first-order valence-corrected chi connectivity index (χ1v) is 20.7. The highest BCUT2D eigenvalue weighted by atomic mass is 32.2. The Labute approximate surface area is 346 Å². The van der Waals surface area contributed by atoms with Crippen molar-refractivity contribution in [3.05, 3.63) is 140 Å². The van der Waals surface area contributed by atoms with Crippen LogP contribution < -0.4 is 16.9 Å². The number of nitrogens with one attached hydrogen (secondary N) is 2. The lowest BCUT2D eigenvalue weighted by atomic mass is 10.1. The number of benzene rings is 3. The Hall–Kier alpha value is -6.46. The normalized spacial score (nSPS) is 13.3. The van der Waals surface area contributed by atoms with Crippen LogP contribution in [0.1, 0.15) is 52.1 Å². The molecule has 15 nitrogen and oxygen atoms in total. The number of nitrogen functional groups attached to an aromatic ring is 1. The van der Waals surface area contributed by atoms with Crippen molar-refractivity contribution in [3.63, 3.8) is 0 Å². The molecule has 1 aliphatic carbocycles. The van der Waals surface area contributed by atoms with E-state index in [0.717, 1.165) is 52.3 Å². The first-order chi connectivity index (χ1) is 28.7. The molecular weight excluding hydrogens is 783 g/mol. The van der Waals surface area contributed by atoms with Crippen molar-refractivity contribution in [2.24, 2.45) is 5.92 Å². The number of anilines is 1.